The Balaban J connectivity index is 2.30. The molecular formula is C10H17N3O2S. The summed E-state index contributed by atoms with van der Waals surface area (Å²) in [5.74, 6) is -0.0647. The number of aryl methyl sites for hydroxylation is 1. The van der Waals surface area contributed by atoms with Gasteiger partial charge in [-0.25, -0.2) is 4.98 Å². The maximum Gasteiger partial charge on any atom is 0.223 e. The Morgan fingerprint density at radius 3 is 3.00 bits per heavy atom. The van der Waals surface area contributed by atoms with E-state index in [2.05, 4.69) is 10.3 Å². The first-order valence-electron chi connectivity index (χ1n) is 5.06. The summed E-state index contributed by atoms with van der Waals surface area (Å²) in [5.41, 5.74) is 6.40. The average Bonchev–Trinajstić information content (AvgIpc) is 2.69. The molecule has 0 saturated carbocycles. The summed E-state index contributed by atoms with van der Waals surface area (Å²) in [6, 6.07) is 0. The normalized spacial score (nSPS) is 12.4. The van der Waals surface area contributed by atoms with E-state index in [1.807, 2.05) is 12.3 Å². The summed E-state index contributed by atoms with van der Waals surface area (Å²) < 4.78 is 5.03. The molecule has 16 heavy (non-hydrogen) atoms. The van der Waals surface area contributed by atoms with E-state index in [9.17, 15) is 4.79 Å². The molecule has 5 nitrogen and oxygen atoms in total. The smallest absolute Gasteiger partial charge is 0.223 e. The lowest BCUT2D eigenvalue weighted by Crippen LogP contribution is -2.31. The van der Waals surface area contributed by atoms with Crippen molar-refractivity contribution in [2.24, 2.45) is 5.73 Å². The lowest BCUT2D eigenvalue weighted by molar-refractivity contribution is -0.123. The fraction of sp³-hybridized carbons (Fsp3) is 0.600. The van der Waals surface area contributed by atoms with Crippen molar-refractivity contribution >= 4 is 17.2 Å². The van der Waals surface area contributed by atoms with Crippen LogP contribution in [0.2, 0.25) is 0 Å². The van der Waals surface area contributed by atoms with E-state index in [4.69, 9.17) is 10.5 Å². The van der Waals surface area contributed by atoms with Crippen molar-refractivity contribution in [1.82, 2.24) is 10.3 Å². The molecule has 0 aliphatic carbocycles. The molecule has 0 bridgehead atoms. The van der Waals surface area contributed by atoms with Crippen LogP contribution in [0, 0.1) is 6.92 Å². The zero-order valence-corrected chi connectivity index (χ0v) is 10.3. The van der Waals surface area contributed by atoms with E-state index in [1.165, 1.54) is 0 Å². The zero-order chi connectivity index (χ0) is 12.0. The fourth-order valence-electron chi connectivity index (χ4n) is 1.20. The summed E-state index contributed by atoms with van der Waals surface area (Å²) in [6.07, 6.45) is 0.0789. The number of carbonyl (C=O) groups is 1. The number of methoxy groups -OCH3 is 1. The molecule has 1 amide bonds. The number of nitrogens with two attached hydrogens (primary N) is 1. The SMILES string of the molecule is COC(CN)CC(=O)NCc1nc(C)cs1. The number of thiazole rings is 1. The van der Waals surface area contributed by atoms with Gasteiger partial charge in [0.05, 0.1) is 19.1 Å². The van der Waals surface area contributed by atoms with Crippen molar-refractivity contribution < 1.29 is 9.53 Å². The summed E-state index contributed by atoms with van der Waals surface area (Å²) in [7, 11) is 1.55. The Labute approximate surface area is 99.0 Å². The van der Waals surface area contributed by atoms with Gasteiger partial charge in [-0.1, -0.05) is 0 Å². The number of amides is 1. The first-order valence-corrected chi connectivity index (χ1v) is 5.94. The van der Waals surface area contributed by atoms with Crippen molar-refractivity contribution in [2.45, 2.75) is 26.0 Å². The van der Waals surface area contributed by atoms with Gasteiger partial charge in [0.1, 0.15) is 5.01 Å². The highest BCUT2D eigenvalue weighted by atomic mass is 32.1. The van der Waals surface area contributed by atoms with Crippen molar-refractivity contribution in [1.29, 1.82) is 0 Å². The highest BCUT2D eigenvalue weighted by molar-refractivity contribution is 7.09. The van der Waals surface area contributed by atoms with Crippen LogP contribution in [0.15, 0.2) is 5.38 Å². The quantitative estimate of drug-likeness (QED) is 0.759. The summed E-state index contributed by atoms with van der Waals surface area (Å²) >= 11 is 1.54. The van der Waals surface area contributed by atoms with Crippen LogP contribution in [0.1, 0.15) is 17.1 Å². The van der Waals surface area contributed by atoms with Gasteiger partial charge in [0.2, 0.25) is 5.91 Å². The van der Waals surface area contributed by atoms with Gasteiger partial charge < -0.3 is 15.8 Å². The number of hydrogen-bond donors (Lipinski definition) is 2. The molecule has 1 aromatic rings. The maximum atomic E-state index is 11.5. The second kappa shape index (κ2) is 6.57. The van der Waals surface area contributed by atoms with Crippen molar-refractivity contribution in [3.63, 3.8) is 0 Å². The van der Waals surface area contributed by atoms with Crippen LogP contribution < -0.4 is 11.1 Å². The fourth-order valence-corrected chi connectivity index (χ4v) is 1.91. The Morgan fingerprint density at radius 2 is 2.50 bits per heavy atom. The third-order valence-corrected chi connectivity index (χ3v) is 3.08. The lowest BCUT2D eigenvalue weighted by Gasteiger charge is -2.11. The molecule has 0 spiro atoms. The van der Waals surface area contributed by atoms with E-state index >= 15 is 0 Å². The molecule has 3 N–H and O–H groups in total. The molecule has 1 atom stereocenters. The molecule has 0 aliphatic rings. The Morgan fingerprint density at radius 1 is 1.75 bits per heavy atom. The minimum atomic E-state index is -0.210. The number of nitrogens with zero attached hydrogens (tertiary/aromatic N) is 1. The minimum absolute atomic E-state index is 0.0647. The van der Waals surface area contributed by atoms with Crippen LogP contribution in [-0.2, 0) is 16.1 Å². The second-order valence-electron chi connectivity index (χ2n) is 3.46. The maximum absolute atomic E-state index is 11.5. The van der Waals surface area contributed by atoms with Crippen LogP contribution in [0.3, 0.4) is 0 Å². The number of carbonyl (C=O) groups excluding carboxylic acids is 1. The molecule has 0 aliphatic heterocycles. The molecule has 0 radical (unpaired) electrons. The summed E-state index contributed by atoms with van der Waals surface area (Å²) in [6.45, 7) is 2.75. The predicted octanol–water partition coefficient (Wildman–Crippen LogP) is 0.432. The molecule has 1 aromatic heterocycles. The number of aromatic nitrogens is 1. The van der Waals surface area contributed by atoms with Gasteiger partial charge in [0, 0.05) is 24.7 Å². The van der Waals surface area contributed by atoms with Crippen LogP contribution in [0.25, 0.3) is 0 Å². The molecular weight excluding hydrogens is 226 g/mol. The topological polar surface area (TPSA) is 77.2 Å². The molecule has 6 heteroatoms. The van der Waals surface area contributed by atoms with Gasteiger partial charge in [-0.3, -0.25) is 4.79 Å². The van der Waals surface area contributed by atoms with E-state index in [-0.39, 0.29) is 18.4 Å². The van der Waals surface area contributed by atoms with Crippen molar-refractivity contribution in [2.75, 3.05) is 13.7 Å². The third-order valence-electron chi connectivity index (χ3n) is 2.11. The van der Waals surface area contributed by atoms with Crippen molar-refractivity contribution in [3.05, 3.63) is 16.1 Å². The molecule has 0 aromatic carbocycles. The van der Waals surface area contributed by atoms with Gasteiger partial charge in [0.25, 0.3) is 0 Å². The molecule has 1 rings (SSSR count). The Bertz CT molecular complexity index is 337. The van der Waals surface area contributed by atoms with Crippen LogP contribution in [0.4, 0.5) is 0 Å². The summed E-state index contributed by atoms with van der Waals surface area (Å²) in [4.78, 5) is 15.7. The number of rotatable bonds is 6. The molecule has 0 fully saturated rings. The monoisotopic (exact) mass is 243 g/mol. The average molecular weight is 243 g/mol. The Kier molecular flexibility index (Phi) is 5.37. The van der Waals surface area contributed by atoms with E-state index in [1.54, 1.807) is 18.4 Å². The second-order valence-corrected chi connectivity index (χ2v) is 4.40. The number of nitrogens with one attached hydrogen (secondary N) is 1. The molecule has 0 saturated heterocycles. The molecule has 1 unspecified atom stereocenters. The number of ether oxygens (including phenoxy) is 1. The van der Waals surface area contributed by atoms with Gasteiger partial charge in [-0.2, -0.15) is 0 Å². The van der Waals surface area contributed by atoms with E-state index < -0.39 is 0 Å². The minimum Gasteiger partial charge on any atom is -0.380 e. The highest BCUT2D eigenvalue weighted by Crippen LogP contribution is 2.08. The van der Waals surface area contributed by atoms with Gasteiger partial charge in [-0.05, 0) is 6.92 Å². The molecule has 1 heterocycles. The zero-order valence-electron chi connectivity index (χ0n) is 9.53. The predicted molar refractivity (Wildman–Crippen MR) is 63.2 cm³/mol. The standard InChI is InChI=1S/C10H17N3O2S/c1-7-6-16-10(13-7)5-12-9(14)3-8(4-11)15-2/h6,8H,3-5,11H2,1-2H3,(H,12,14). The Hall–Kier alpha value is -0.980. The van der Waals surface area contributed by atoms with Gasteiger partial charge in [0.15, 0.2) is 0 Å². The van der Waals surface area contributed by atoms with Crippen LogP contribution in [-0.4, -0.2) is 30.6 Å². The van der Waals surface area contributed by atoms with Crippen LogP contribution >= 0.6 is 11.3 Å². The van der Waals surface area contributed by atoms with Crippen molar-refractivity contribution in [3.8, 4) is 0 Å². The first kappa shape index (κ1) is 13.1. The first-order chi connectivity index (χ1) is 7.65. The largest absolute Gasteiger partial charge is 0.380 e. The van der Waals surface area contributed by atoms with Gasteiger partial charge in [-0.15, -0.1) is 11.3 Å². The van der Waals surface area contributed by atoms with E-state index in [0.717, 1.165) is 10.7 Å². The van der Waals surface area contributed by atoms with Crippen LogP contribution in [0.5, 0.6) is 0 Å². The highest BCUT2D eigenvalue weighted by Gasteiger charge is 2.11. The molecule has 90 valence electrons. The van der Waals surface area contributed by atoms with Gasteiger partial charge >= 0.3 is 0 Å². The summed E-state index contributed by atoms with van der Waals surface area (Å²) in [5, 5.41) is 5.65. The lowest BCUT2D eigenvalue weighted by atomic mass is 10.2. The number of hydrogen-bond acceptors (Lipinski definition) is 5. The third kappa shape index (κ3) is 4.26. The van der Waals surface area contributed by atoms with E-state index in [0.29, 0.717) is 13.1 Å².